The van der Waals surface area contributed by atoms with Gasteiger partial charge in [0, 0.05) is 0 Å². The Morgan fingerprint density at radius 2 is 1.33 bits per heavy atom. The Balaban J connectivity index is 3.96. The summed E-state index contributed by atoms with van der Waals surface area (Å²) < 4.78 is 23.7. The lowest BCUT2D eigenvalue weighted by Crippen LogP contribution is -2.60. The van der Waals surface area contributed by atoms with Crippen LogP contribution in [0.3, 0.4) is 0 Å². The normalized spacial score (nSPS) is 12.1. The Morgan fingerprint density at radius 1 is 0.848 bits per heavy atom. The minimum absolute atomic E-state index is 0.0720. The van der Waals surface area contributed by atoms with Crippen LogP contribution in [0.15, 0.2) is 12.1 Å². The van der Waals surface area contributed by atoms with Gasteiger partial charge in [-0.05, 0) is 46.8 Å². The molecule has 0 aliphatic carbocycles. The fourth-order valence-corrected chi connectivity index (χ4v) is 13.5. The molecule has 0 bridgehead atoms. The summed E-state index contributed by atoms with van der Waals surface area (Å²) in [5.74, 6) is -1.16. The monoisotopic (exact) mass is 497 g/mol. The first kappa shape index (κ1) is 28.7. The first-order valence-electron chi connectivity index (χ1n) is 11.2. The van der Waals surface area contributed by atoms with Crippen LogP contribution in [0.4, 0.5) is 10.5 Å². The highest BCUT2D eigenvalue weighted by atomic mass is 28.4. The van der Waals surface area contributed by atoms with Crippen molar-refractivity contribution in [3.05, 3.63) is 23.3 Å². The van der Waals surface area contributed by atoms with Crippen LogP contribution in [0, 0.1) is 0 Å². The number of esters is 2. The van der Waals surface area contributed by atoms with Crippen LogP contribution in [0.2, 0.25) is 39.3 Å². The largest absolute Gasteiger partial charge is 0.514 e. The van der Waals surface area contributed by atoms with Crippen molar-refractivity contribution < 1.29 is 33.3 Å². The molecule has 186 valence electrons. The lowest BCUT2D eigenvalue weighted by atomic mass is 10.1. The van der Waals surface area contributed by atoms with Gasteiger partial charge in [0.15, 0.2) is 5.75 Å². The van der Waals surface area contributed by atoms with Crippen molar-refractivity contribution in [2.24, 2.45) is 0 Å². The third-order valence-electron chi connectivity index (χ3n) is 4.23. The van der Waals surface area contributed by atoms with E-state index in [0.29, 0.717) is 5.69 Å². The number of hydrogen-bond donors (Lipinski definition) is 0. The predicted octanol–water partition coefficient (Wildman–Crippen LogP) is 5.83. The maximum absolute atomic E-state index is 13.1. The summed E-state index contributed by atoms with van der Waals surface area (Å²) in [7, 11) is -4.23. The van der Waals surface area contributed by atoms with E-state index >= 15 is 0 Å². The molecule has 0 aliphatic rings. The number of hydrogen-bond acceptors (Lipinski definition) is 8. The first-order valence-corrected chi connectivity index (χ1v) is 18.0. The van der Waals surface area contributed by atoms with Crippen LogP contribution in [0.1, 0.15) is 55.3 Å². The first-order chi connectivity index (χ1) is 14.9. The maximum atomic E-state index is 13.1. The minimum atomic E-state index is -2.11. The molecular weight excluding hydrogens is 458 g/mol. The fraction of sp³-hybridized carbons (Fsp3) is 0.609. The average molecular weight is 498 g/mol. The molecule has 0 N–H and O–H groups in total. The van der Waals surface area contributed by atoms with Crippen LogP contribution in [0.5, 0.6) is 5.75 Å². The van der Waals surface area contributed by atoms with Gasteiger partial charge >= 0.3 is 18.1 Å². The molecule has 0 unspecified atom stereocenters. The Kier molecular flexibility index (Phi) is 9.33. The molecule has 0 heterocycles. The third-order valence-corrected chi connectivity index (χ3v) is 11.4. The third kappa shape index (κ3) is 8.19. The zero-order chi connectivity index (χ0) is 25.8. The van der Waals surface area contributed by atoms with Gasteiger partial charge in [-0.3, -0.25) is 0 Å². The molecule has 1 aromatic carbocycles. The van der Waals surface area contributed by atoms with E-state index in [0.717, 1.165) is 0 Å². The van der Waals surface area contributed by atoms with Crippen LogP contribution in [0.25, 0.3) is 0 Å². The number of nitrogens with zero attached hydrogens (tertiary/aromatic N) is 1. The molecule has 33 heavy (non-hydrogen) atoms. The molecule has 1 aromatic rings. The minimum Gasteiger partial charge on any atom is -0.462 e. The maximum Gasteiger partial charge on any atom is 0.514 e. The van der Waals surface area contributed by atoms with Crippen molar-refractivity contribution in [3.8, 4) is 5.75 Å². The van der Waals surface area contributed by atoms with Gasteiger partial charge in [-0.2, -0.15) is 0 Å². The summed E-state index contributed by atoms with van der Waals surface area (Å²) in [6.45, 7) is 21.8. The van der Waals surface area contributed by atoms with Crippen molar-refractivity contribution in [2.45, 2.75) is 79.5 Å². The van der Waals surface area contributed by atoms with Gasteiger partial charge < -0.3 is 23.2 Å². The lowest BCUT2D eigenvalue weighted by Gasteiger charge is -2.46. The number of rotatable bonds is 8. The number of ether oxygens (including phenoxy) is 4. The smallest absolute Gasteiger partial charge is 0.462 e. The van der Waals surface area contributed by atoms with E-state index in [4.69, 9.17) is 18.9 Å². The summed E-state index contributed by atoms with van der Waals surface area (Å²) >= 11 is 0. The van der Waals surface area contributed by atoms with Gasteiger partial charge in [-0.1, -0.05) is 39.3 Å². The van der Waals surface area contributed by atoms with E-state index in [-0.39, 0.29) is 30.1 Å². The zero-order valence-corrected chi connectivity index (χ0v) is 23.9. The highest BCUT2D eigenvalue weighted by Crippen LogP contribution is 2.41. The van der Waals surface area contributed by atoms with Crippen molar-refractivity contribution in [1.29, 1.82) is 0 Å². The molecular formula is C23H39NO7Si2. The van der Waals surface area contributed by atoms with Crippen LogP contribution < -0.4 is 8.97 Å². The van der Waals surface area contributed by atoms with Crippen LogP contribution >= 0.6 is 0 Å². The Labute approximate surface area is 199 Å². The second-order valence-electron chi connectivity index (χ2n) is 10.6. The van der Waals surface area contributed by atoms with Crippen molar-refractivity contribution in [2.75, 3.05) is 17.4 Å². The van der Waals surface area contributed by atoms with E-state index < -0.39 is 40.2 Å². The van der Waals surface area contributed by atoms with Gasteiger partial charge in [0.25, 0.3) is 0 Å². The molecule has 0 fully saturated rings. The van der Waals surface area contributed by atoms with Crippen molar-refractivity contribution in [3.63, 3.8) is 0 Å². The highest BCUT2D eigenvalue weighted by molar-refractivity contribution is 6.99. The Hall–Kier alpha value is -2.34. The lowest BCUT2D eigenvalue weighted by molar-refractivity contribution is 0.0204. The summed E-state index contributed by atoms with van der Waals surface area (Å²) in [5.41, 5.74) is -0.0816. The van der Waals surface area contributed by atoms with E-state index in [1.54, 1.807) is 34.6 Å². The molecule has 0 atom stereocenters. The fourth-order valence-electron chi connectivity index (χ4n) is 3.65. The molecule has 8 nitrogen and oxygen atoms in total. The predicted molar refractivity (Wildman–Crippen MR) is 134 cm³/mol. The van der Waals surface area contributed by atoms with Crippen LogP contribution in [-0.2, 0) is 14.2 Å². The summed E-state index contributed by atoms with van der Waals surface area (Å²) in [6, 6.07) is 2.90. The quantitative estimate of drug-likeness (QED) is 0.192. The zero-order valence-electron chi connectivity index (χ0n) is 21.9. The van der Waals surface area contributed by atoms with E-state index in [2.05, 4.69) is 43.5 Å². The SMILES string of the molecule is CCOC(=O)c1cc(OC(=O)OC(C)(C)C)c(N([Si](C)(C)C)[Si](C)(C)C)c(C(=O)OCC)c1. The summed E-state index contributed by atoms with van der Waals surface area (Å²) in [4.78, 5) is 38.3. The number of benzene rings is 1. The molecule has 0 saturated carbocycles. The van der Waals surface area contributed by atoms with Gasteiger partial charge in [0.2, 0.25) is 0 Å². The number of carbonyl (C=O) groups is 3. The van der Waals surface area contributed by atoms with Gasteiger partial charge in [-0.25, -0.2) is 14.4 Å². The second-order valence-corrected chi connectivity index (χ2v) is 20.6. The highest BCUT2D eigenvalue weighted by Gasteiger charge is 2.40. The van der Waals surface area contributed by atoms with E-state index in [9.17, 15) is 14.4 Å². The van der Waals surface area contributed by atoms with Gasteiger partial charge in [0.05, 0.1) is 30.0 Å². The molecule has 10 heteroatoms. The molecule has 0 spiro atoms. The molecule has 1 rings (SSSR count). The second kappa shape index (κ2) is 10.7. The molecule has 0 aliphatic heterocycles. The number of carbonyl (C=O) groups excluding carboxylic acids is 3. The molecule has 0 saturated heterocycles. The Morgan fingerprint density at radius 3 is 1.76 bits per heavy atom. The Bertz CT molecular complexity index is 867. The standard InChI is InChI=1S/C23H39NO7Si2/c1-12-28-20(25)16-14-17(21(26)29-13-2)19(24(32(6,7)8)33(9,10)11)18(15-16)30-22(27)31-23(3,4)5/h14-15H,12-13H2,1-11H3. The van der Waals surface area contributed by atoms with E-state index in [1.165, 1.54) is 12.1 Å². The topological polar surface area (TPSA) is 91.4 Å². The van der Waals surface area contributed by atoms with Gasteiger partial charge in [-0.15, -0.1) is 0 Å². The van der Waals surface area contributed by atoms with Crippen molar-refractivity contribution in [1.82, 2.24) is 0 Å². The summed E-state index contributed by atoms with van der Waals surface area (Å²) in [6.07, 6.45) is -0.925. The molecule has 0 radical (unpaired) electrons. The van der Waals surface area contributed by atoms with Crippen LogP contribution in [-0.4, -0.2) is 53.4 Å². The van der Waals surface area contributed by atoms with Crippen molar-refractivity contribution >= 4 is 40.3 Å². The molecule has 0 amide bonds. The van der Waals surface area contributed by atoms with Gasteiger partial charge in [0.1, 0.15) is 22.1 Å². The summed E-state index contributed by atoms with van der Waals surface area (Å²) in [5, 5.41) is 0. The number of anilines is 1. The molecule has 0 aromatic heterocycles. The average Bonchev–Trinajstić information content (AvgIpc) is 2.59. The van der Waals surface area contributed by atoms with E-state index in [1.807, 2.05) is 0 Å².